The number of hydrogen-bond donors (Lipinski definition) is 2. The Morgan fingerprint density at radius 2 is 1.95 bits per heavy atom. The molecule has 0 unspecified atom stereocenters. The molecule has 1 heterocycles. The predicted octanol–water partition coefficient (Wildman–Crippen LogP) is 1.52. The van der Waals surface area contributed by atoms with Crippen LogP contribution in [0.25, 0.3) is 0 Å². The van der Waals surface area contributed by atoms with Crippen LogP contribution < -0.4 is 10.6 Å². The van der Waals surface area contributed by atoms with Crippen LogP contribution in [0.3, 0.4) is 0 Å². The number of rotatable bonds is 4. The van der Waals surface area contributed by atoms with Crippen molar-refractivity contribution in [3.63, 3.8) is 0 Å². The third-order valence-electron chi connectivity index (χ3n) is 2.57. The summed E-state index contributed by atoms with van der Waals surface area (Å²) < 4.78 is 0. The summed E-state index contributed by atoms with van der Waals surface area (Å²) in [7, 11) is 0. The number of benzene rings is 1. The van der Waals surface area contributed by atoms with Crippen LogP contribution in [-0.4, -0.2) is 28.6 Å². The molecule has 0 aliphatic heterocycles. The number of amides is 2. The molecular weight excluding hydrogens is 276 g/mol. The molecule has 2 aromatic rings. The smallest absolute Gasteiger partial charge is 0.251 e. The molecule has 2 N–H and O–H groups in total. The number of hydrogen-bond acceptors (Lipinski definition) is 5. The SMILES string of the molecule is Cc1nnc(NC(=O)CNC(=O)c2ccccc2C)s1. The average Bonchev–Trinajstić information content (AvgIpc) is 2.82. The molecule has 20 heavy (non-hydrogen) atoms. The number of carbonyl (C=O) groups is 2. The van der Waals surface area contributed by atoms with E-state index < -0.39 is 0 Å². The number of aryl methyl sites for hydroxylation is 2. The Kier molecular flexibility index (Phi) is 4.41. The van der Waals surface area contributed by atoms with E-state index in [2.05, 4.69) is 20.8 Å². The van der Waals surface area contributed by atoms with E-state index in [0.29, 0.717) is 10.7 Å². The van der Waals surface area contributed by atoms with E-state index in [1.54, 1.807) is 19.1 Å². The molecule has 0 radical (unpaired) electrons. The molecule has 0 spiro atoms. The molecule has 1 aromatic carbocycles. The molecule has 0 saturated carbocycles. The Morgan fingerprint density at radius 1 is 1.20 bits per heavy atom. The molecule has 0 aliphatic carbocycles. The zero-order valence-electron chi connectivity index (χ0n) is 11.1. The maximum absolute atomic E-state index is 11.9. The first kappa shape index (κ1) is 14.1. The van der Waals surface area contributed by atoms with E-state index in [4.69, 9.17) is 0 Å². The fourth-order valence-corrected chi connectivity index (χ4v) is 2.20. The number of carbonyl (C=O) groups excluding carboxylic acids is 2. The molecule has 0 bridgehead atoms. The molecule has 104 valence electrons. The van der Waals surface area contributed by atoms with Gasteiger partial charge in [0.05, 0.1) is 6.54 Å². The van der Waals surface area contributed by atoms with Crippen molar-refractivity contribution < 1.29 is 9.59 Å². The van der Waals surface area contributed by atoms with Gasteiger partial charge in [-0.15, -0.1) is 10.2 Å². The molecule has 0 atom stereocenters. The summed E-state index contributed by atoms with van der Waals surface area (Å²) in [6.07, 6.45) is 0. The zero-order chi connectivity index (χ0) is 14.5. The Balaban J connectivity index is 1.87. The first-order valence-corrected chi connectivity index (χ1v) is 6.81. The topological polar surface area (TPSA) is 84.0 Å². The molecular formula is C13H14N4O2S. The third kappa shape index (κ3) is 3.61. The summed E-state index contributed by atoms with van der Waals surface area (Å²) in [6.45, 7) is 3.54. The predicted molar refractivity (Wildman–Crippen MR) is 76.8 cm³/mol. The second-order valence-electron chi connectivity index (χ2n) is 4.17. The van der Waals surface area contributed by atoms with Crippen LogP contribution in [0.2, 0.25) is 0 Å². The van der Waals surface area contributed by atoms with Crippen LogP contribution in [0.15, 0.2) is 24.3 Å². The Morgan fingerprint density at radius 3 is 2.60 bits per heavy atom. The monoisotopic (exact) mass is 290 g/mol. The lowest BCUT2D eigenvalue weighted by Gasteiger charge is -2.06. The van der Waals surface area contributed by atoms with Gasteiger partial charge in [0.2, 0.25) is 11.0 Å². The molecule has 2 rings (SSSR count). The van der Waals surface area contributed by atoms with Crippen molar-refractivity contribution in [2.24, 2.45) is 0 Å². The minimum absolute atomic E-state index is 0.105. The first-order chi connectivity index (χ1) is 9.56. The number of nitrogens with zero attached hydrogens (tertiary/aromatic N) is 2. The van der Waals surface area contributed by atoms with Gasteiger partial charge in [-0.1, -0.05) is 29.5 Å². The van der Waals surface area contributed by atoms with Crippen molar-refractivity contribution in [3.8, 4) is 0 Å². The summed E-state index contributed by atoms with van der Waals surface area (Å²) in [5, 5.41) is 13.9. The third-order valence-corrected chi connectivity index (χ3v) is 3.33. The average molecular weight is 290 g/mol. The highest BCUT2D eigenvalue weighted by atomic mass is 32.1. The summed E-state index contributed by atoms with van der Waals surface area (Å²) in [4.78, 5) is 23.6. The Bertz CT molecular complexity index is 639. The quantitative estimate of drug-likeness (QED) is 0.894. The fourth-order valence-electron chi connectivity index (χ4n) is 1.59. The van der Waals surface area contributed by atoms with Gasteiger partial charge < -0.3 is 5.32 Å². The van der Waals surface area contributed by atoms with Gasteiger partial charge in [-0.3, -0.25) is 14.9 Å². The molecule has 7 heteroatoms. The lowest BCUT2D eigenvalue weighted by molar-refractivity contribution is -0.115. The number of nitrogens with one attached hydrogen (secondary N) is 2. The molecule has 6 nitrogen and oxygen atoms in total. The van der Waals surface area contributed by atoms with Crippen molar-refractivity contribution >= 4 is 28.3 Å². The van der Waals surface area contributed by atoms with Gasteiger partial charge in [0.1, 0.15) is 5.01 Å². The molecule has 2 amide bonds. The van der Waals surface area contributed by atoms with Crippen LogP contribution in [-0.2, 0) is 4.79 Å². The van der Waals surface area contributed by atoms with Crippen molar-refractivity contribution in [2.45, 2.75) is 13.8 Å². The highest BCUT2D eigenvalue weighted by Crippen LogP contribution is 2.13. The van der Waals surface area contributed by atoms with Gasteiger partial charge in [-0.25, -0.2) is 0 Å². The van der Waals surface area contributed by atoms with E-state index in [0.717, 1.165) is 10.6 Å². The van der Waals surface area contributed by atoms with Gasteiger partial charge in [0.15, 0.2) is 0 Å². The Labute approximate surface area is 120 Å². The van der Waals surface area contributed by atoms with Gasteiger partial charge in [0, 0.05) is 5.56 Å². The highest BCUT2D eigenvalue weighted by molar-refractivity contribution is 7.15. The normalized spacial score (nSPS) is 10.1. The lowest BCUT2D eigenvalue weighted by Crippen LogP contribution is -2.33. The Hall–Kier alpha value is -2.28. The van der Waals surface area contributed by atoms with E-state index in [9.17, 15) is 9.59 Å². The van der Waals surface area contributed by atoms with E-state index in [1.165, 1.54) is 11.3 Å². The van der Waals surface area contributed by atoms with E-state index >= 15 is 0 Å². The van der Waals surface area contributed by atoms with Crippen LogP contribution in [0.4, 0.5) is 5.13 Å². The fraction of sp³-hybridized carbons (Fsp3) is 0.231. The minimum atomic E-state index is -0.330. The minimum Gasteiger partial charge on any atom is -0.343 e. The molecule has 0 saturated heterocycles. The van der Waals surface area contributed by atoms with E-state index in [-0.39, 0.29) is 18.4 Å². The maximum Gasteiger partial charge on any atom is 0.251 e. The van der Waals surface area contributed by atoms with Crippen LogP contribution in [0.1, 0.15) is 20.9 Å². The largest absolute Gasteiger partial charge is 0.343 e. The second-order valence-corrected chi connectivity index (χ2v) is 5.35. The zero-order valence-corrected chi connectivity index (χ0v) is 12.0. The lowest BCUT2D eigenvalue weighted by atomic mass is 10.1. The van der Waals surface area contributed by atoms with Crippen molar-refractivity contribution in [2.75, 3.05) is 11.9 Å². The van der Waals surface area contributed by atoms with Crippen molar-refractivity contribution in [1.82, 2.24) is 15.5 Å². The summed E-state index contributed by atoms with van der Waals surface area (Å²) in [5.74, 6) is -0.602. The van der Waals surface area contributed by atoms with Crippen molar-refractivity contribution in [1.29, 1.82) is 0 Å². The molecule has 1 aromatic heterocycles. The molecule has 0 fully saturated rings. The first-order valence-electron chi connectivity index (χ1n) is 6.00. The van der Waals surface area contributed by atoms with Crippen molar-refractivity contribution in [3.05, 3.63) is 40.4 Å². The van der Waals surface area contributed by atoms with Crippen LogP contribution >= 0.6 is 11.3 Å². The van der Waals surface area contributed by atoms with Gasteiger partial charge >= 0.3 is 0 Å². The van der Waals surface area contributed by atoms with E-state index in [1.807, 2.05) is 19.1 Å². The molecule has 0 aliphatic rings. The van der Waals surface area contributed by atoms with Gasteiger partial charge in [-0.2, -0.15) is 0 Å². The number of anilines is 1. The van der Waals surface area contributed by atoms with Gasteiger partial charge in [0.25, 0.3) is 5.91 Å². The second kappa shape index (κ2) is 6.25. The summed E-state index contributed by atoms with van der Waals surface area (Å²) in [5.41, 5.74) is 1.43. The van der Waals surface area contributed by atoms with Crippen LogP contribution in [0.5, 0.6) is 0 Å². The number of aromatic nitrogens is 2. The van der Waals surface area contributed by atoms with Crippen LogP contribution in [0, 0.1) is 13.8 Å². The summed E-state index contributed by atoms with van der Waals surface area (Å²) >= 11 is 1.28. The van der Waals surface area contributed by atoms with Gasteiger partial charge in [-0.05, 0) is 25.5 Å². The summed E-state index contributed by atoms with van der Waals surface area (Å²) in [6, 6.07) is 7.21. The highest BCUT2D eigenvalue weighted by Gasteiger charge is 2.11. The maximum atomic E-state index is 11.9. The standard InChI is InChI=1S/C13H14N4O2S/c1-8-5-3-4-6-10(8)12(19)14-7-11(18)15-13-17-16-9(2)20-13/h3-6H,7H2,1-2H3,(H,14,19)(H,15,17,18).